The first kappa shape index (κ1) is 16.2. The number of ether oxygens (including phenoxy) is 1. The number of anilines is 1. The van der Waals surface area contributed by atoms with E-state index in [1.165, 1.54) is 0 Å². The maximum absolute atomic E-state index is 12.0. The monoisotopic (exact) mass is 303 g/mol. The van der Waals surface area contributed by atoms with Gasteiger partial charge < -0.3 is 14.6 Å². The van der Waals surface area contributed by atoms with Crippen molar-refractivity contribution in [2.75, 3.05) is 11.9 Å². The quantitative estimate of drug-likeness (QED) is 0.919. The number of carbonyl (C=O) groups excluding carboxylic acids is 1. The zero-order valence-corrected chi connectivity index (χ0v) is 13.3. The number of hydrogen-bond donors (Lipinski definition) is 1. The van der Waals surface area contributed by atoms with Crippen LogP contribution in [0.15, 0.2) is 28.8 Å². The zero-order valence-electron chi connectivity index (χ0n) is 13.3. The van der Waals surface area contributed by atoms with E-state index in [1.54, 1.807) is 6.92 Å². The normalized spacial score (nSPS) is 11.5. The van der Waals surface area contributed by atoms with E-state index in [9.17, 15) is 4.79 Å². The van der Waals surface area contributed by atoms with Crippen molar-refractivity contribution in [2.24, 2.45) is 0 Å². The van der Waals surface area contributed by atoms with Gasteiger partial charge >= 0.3 is 0 Å². The molecular formula is C16H21N3O3. The second kappa shape index (κ2) is 6.70. The molecular weight excluding hydrogens is 282 g/mol. The Labute approximate surface area is 129 Å². The van der Waals surface area contributed by atoms with Crippen LogP contribution in [0.1, 0.15) is 38.0 Å². The highest BCUT2D eigenvalue weighted by atomic mass is 16.5. The summed E-state index contributed by atoms with van der Waals surface area (Å²) in [6.45, 7) is 8.09. The molecule has 0 spiro atoms. The van der Waals surface area contributed by atoms with Crippen molar-refractivity contribution >= 4 is 11.6 Å². The molecule has 0 fully saturated rings. The maximum Gasteiger partial charge on any atom is 0.252 e. The summed E-state index contributed by atoms with van der Waals surface area (Å²) in [7, 11) is 0. The smallest absolute Gasteiger partial charge is 0.252 e. The number of aryl methyl sites for hydroxylation is 1. The fourth-order valence-corrected chi connectivity index (χ4v) is 2.06. The second-order valence-corrected chi connectivity index (χ2v) is 6.07. The number of amides is 1. The number of carbonyl (C=O) groups is 1. The highest BCUT2D eigenvalue weighted by Gasteiger charge is 2.18. The molecule has 22 heavy (non-hydrogen) atoms. The van der Waals surface area contributed by atoms with E-state index in [0.717, 1.165) is 11.3 Å². The molecule has 0 aliphatic carbocycles. The first-order valence-corrected chi connectivity index (χ1v) is 7.12. The SMILES string of the molecule is Cc1noc(COCC(=O)Nc2ccccc2C(C)(C)C)n1. The van der Waals surface area contributed by atoms with Gasteiger partial charge in [-0.05, 0) is 24.0 Å². The van der Waals surface area contributed by atoms with E-state index in [0.29, 0.717) is 11.7 Å². The van der Waals surface area contributed by atoms with Crippen LogP contribution < -0.4 is 5.32 Å². The lowest BCUT2D eigenvalue weighted by Gasteiger charge is -2.22. The average molecular weight is 303 g/mol. The first-order chi connectivity index (χ1) is 10.4. The highest BCUT2D eigenvalue weighted by molar-refractivity contribution is 5.92. The highest BCUT2D eigenvalue weighted by Crippen LogP contribution is 2.29. The molecule has 1 aromatic heterocycles. The fraction of sp³-hybridized carbons (Fsp3) is 0.438. The van der Waals surface area contributed by atoms with Gasteiger partial charge in [0.15, 0.2) is 5.82 Å². The van der Waals surface area contributed by atoms with Gasteiger partial charge in [-0.25, -0.2) is 0 Å². The van der Waals surface area contributed by atoms with Gasteiger partial charge in [-0.15, -0.1) is 0 Å². The minimum absolute atomic E-state index is 0.0496. The lowest BCUT2D eigenvalue weighted by Crippen LogP contribution is -2.22. The van der Waals surface area contributed by atoms with Gasteiger partial charge in [0, 0.05) is 5.69 Å². The van der Waals surface area contributed by atoms with Crippen molar-refractivity contribution in [3.05, 3.63) is 41.5 Å². The van der Waals surface area contributed by atoms with Crippen molar-refractivity contribution in [3.63, 3.8) is 0 Å². The molecule has 0 unspecified atom stereocenters. The number of para-hydroxylation sites is 1. The molecule has 6 heteroatoms. The number of hydrogen-bond acceptors (Lipinski definition) is 5. The number of benzene rings is 1. The van der Waals surface area contributed by atoms with Crippen LogP contribution in [0.2, 0.25) is 0 Å². The van der Waals surface area contributed by atoms with E-state index in [1.807, 2.05) is 24.3 Å². The average Bonchev–Trinajstić information content (AvgIpc) is 2.84. The molecule has 0 saturated carbocycles. The van der Waals surface area contributed by atoms with Crippen molar-refractivity contribution in [2.45, 2.75) is 39.7 Å². The zero-order chi connectivity index (χ0) is 16.2. The van der Waals surface area contributed by atoms with Gasteiger partial charge in [0.25, 0.3) is 5.89 Å². The molecule has 0 aliphatic heterocycles. The molecule has 1 N–H and O–H groups in total. The molecule has 0 aliphatic rings. The lowest BCUT2D eigenvalue weighted by atomic mass is 9.86. The van der Waals surface area contributed by atoms with Crippen molar-refractivity contribution in [1.82, 2.24) is 10.1 Å². The predicted octanol–water partition coefficient (Wildman–Crippen LogP) is 2.83. The van der Waals surface area contributed by atoms with E-state index in [4.69, 9.17) is 9.26 Å². The van der Waals surface area contributed by atoms with Crippen LogP contribution in [0.3, 0.4) is 0 Å². The van der Waals surface area contributed by atoms with Crippen molar-refractivity contribution < 1.29 is 14.1 Å². The van der Waals surface area contributed by atoms with Gasteiger partial charge in [-0.1, -0.05) is 44.1 Å². The number of nitrogens with one attached hydrogen (secondary N) is 1. The standard InChI is InChI=1S/C16H21N3O3/c1-11-17-15(22-19-11)10-21-9-14(20)18-13-8-6-5-7-12(13)16(2,3)4/h5-8H,9-10H2,1-4H3,(H,18,20). The Hall–Kier alpha value is -2.21. The van der Waals surface area contributed by atoms with E-state index < -0.39 is 0 Å². The Bertz CT molecular complexity index is 644. The maximum atomic E-state index is 12.0. The Morgan fingerprint density at radius 3 is 2.68 bits per heavy atom. The molecule has 118 valence electrons. The summed E-state index contributed by atoms with van der Waals surface area (Å²) in [6.07, 6.45) is 0. The van der Waals surface area contributed by atoms with Crippen molar-refractivity contribution in [3.8, 4) is 0 Å². The molecule has 1 amide bonds. The minimum Gasteiger partial charge on any atom is -0.362 e. The number of aromatic nitrogens is 2. The Kier molecular flexibility index (Phi) is 4.92. The third kappa shape index (κ3) is 4.39. The molecule has 0 bridgehead atoms. The molecule has 2 rings (SSSR count). The molecule has 2 aromatic rings. The summed E-state index contributed by atoms with van der Waals surface area (Å²) in [5, 5.41) is 6.53. The summed E-state index contributed by atoms with van der Waals surface area (Å²) in [5.74, 6) is 0.690. The summed E-state index contributed by atoms with van der Waals surface area (Å²) < 4.78 is 10.2. The van der Waals surface area contributed by atoms with Gasteiger partial charge in [0.05, 0.1) is 0 Å². The summed E-state index contributed by atoms with van der Waals surface area (Å²) in [5.41, 5.74) is 1.83. The van der Waals surface area contributed by atoms with Gasteiger partial charge in [-0.3, -0.25) is 4.79 Å². The van der Waals surface area contributed by atoms with Gasteiger partial charge in [0.2, 0.25) is 5.91 Å². The molecule has 1 heterocycles. The van der Waals surface area contributed by atoms with Gasteiger partial charge in [-0.2, -0.15) is 4.98 Å². The third-order valence-electron chi connectivity index (χ3n) is 3.04. The van der Waals surface area contributed by atoms with Crippen LogP contribution in [0, 0.1) is 6.92 Å². The Morgan fingerprint density at radius 1 is 1.32 bits per heavy atom. The first-order valence-electron chi connectivity index (χ1n) is 7.12. The van der Waals surface area contributed by atoms with Crippen LogP contribution in [0.25, 0.3) is 0 Å². The molecule has 0 radical (unpaired) electrons. The Balaban J connectivity index is 1.90. The fourth-order valence-electron chi connectivity index (χ4n) is 2.06. The Morgan fingerprint density at radius 2 is 2.05 bits per heavy atom. The van der Waals surface area contributed by atoms with Crippen LogP contribution in [-0.2, 0) is 21.6 Å². The summed E-state index contributed by atoms with van der Waals surface area (Å²) in [4.78, 5) is 16.0. The topological polar surface area (TPSA) is 77.2 Å². The van der Waals surface area contributed by atoms with Crippen LogP contribution in [-0.4, -0.2) is 22.7 Å². The van der Waals surface area contributed by atoms with Crippen molar-refractivity contribution in [1.29, 1.82) is 0 Å². The summed E-state index contributed by atoms with van der Waals surface area (Å²) in [6, 6.07) is 7.76. The van der Waals surface area contributed by atoms with E-state index in [-0.39, 0.29) is 24.5 Å². The summed E-state index contributed by atoms with van der Waals surface area (Å²) >= 11 is 0. The predicted molar refractivity (Wildman–Crippen MR) is 82.5 cm³/mol. The van der Waals surface area contributed by atoms with E-state index in [2.05, 4.69) is 36.2 Å². The largest absolute Gasteiger partial charge is 0.362 e. The molecule has 0 saturated heterocycles. The van der Waals surface area contributed by atoms with Crippen LogP contribution in [0.4, 0.5) is 5.69 Å². The second-order valence-electron chi connectivity index (χ2n) is 6.07. The molecule has 6 nitrogen and oxygen atoms in total. The number of rotatable bonds is 5. The van der Waals surface area contributed by atoms with Crippen LogP contribution >= 0.6 is 0 Å². The number of nitrogens with zero attached hydrogens (tertiary/aromatic N) is 2. The van der Waals surface area contributed by atoms with Gasteiger partial charge in [0.1, 0.15) is 13.2 Å². The minimum atomic E-state index is -0.215. The lowest BCUT2D eigenvalue weighted by molar-refractivity contribution is -0.121. The third-order valence-corrected chi connectivity index (χ3v) is 3.04. The molecule has 1 aromatic carbocycles. The van der Waals surface area contributed by atoms with Crippen LogP contribution in [0.5, 0.6) is 0 Å². The molecule has 0 atom stereocenters. The van der Waals surface area contributed by atoms with E-state index >= 15 is 0 Å².